The Morgan fingerprint density at radius 1 is 1.18 bits per heavy atom. The fraction of sp³-hybridized carbons (Fsp3) is 0.571. The van der Waals surface area contributed by atoms with Gasteiger partial charge in [-0.25, -0.2) is 0 Å². The molecule has 1 aliphatic carbocycles. The number of rotatable bonds is 2. The Kier molecular flexibility index (Phi) is 4.16. The summed E-state index contributed by atoms with van der Waals surface area (Å²) < 4.78 is 0. The number of benzene rings is 1. The largest absolute Gasteiger partial charge is 0.399 e. The maximum Gasteiger partial charge on any atom is 0.0660 e. The number of nitrogens with zero attached hydrogens (tertiary/aromatic N) is 1. The molecule has 0 bridgehead atoms. The van der Waals surface area contributed by atoms with Gasteiger partial charge in [-0.15, -0.1) is 0 Å². The first kappa shape index (κ1) is 12.6. The van der Waals surface area contributed by atoms with Crippen LogP contribution in [-0.4, -0.2) is 13.1 Å². The van der Waals surface area contributed by atoms with E-state index in [0.717, 1.165) is 16.4 Å². The first-order valence-electron chi connectivity index (χ1n) is 6.46. The zero-order chi connectivity index (χ0) is 12.3. The maximum atomic E-state index is 6.26. The van der Waals surface area contributed by atoms with Crippen LogP contribution in [0.5, 0.6) is 0 Å². The standard InChI is InChI=1S/C14H21ClN2/c1-17(12-6-4-2-3-5-7-12)14-9-8-11(16)10-13(14)15/h8-10,12H,2-7,16H2,1H3. The summed E-state index contributed by atoms with van der Waals surface area (Å²) in [4.78, 5) is 2.33. The Bertz CT molecular complexity index is 370. The zero-order valence-corrected chi connectivity index (χ0v) is 11.2. The van der Waals surface area contributed by atoms with Gasteiger partial charge in [0.05, 0.1) is 10.7 Å². The molecule has 1 aliphatic rings. The Hall–Kier alpha value is -0.890. The molecule has 1 fully saturated rings. The maximum absolute atomic E-state index is 6.26. The van der Waals surface area contributed by atoms with Crippen molar-refractivity contribution in [2.45, 2.75) is 44.6 Å². The molecule has 1 aromatic rings. The van der Waals surface area contributed by atoms with Gasteiger partial charge in [0.2, 0.25) is 0 Å². The van der Waals surface area contributed by atoms with E-state index in [-0.39, 0.29) is 0 Å². The predicted molar refractivity (Wildman–Crippen MR) is 75.8 cm³/mol. The minimum absolute atomic E-state index is 0.624. The van der Waals surface area contributed by atoms with Crippen LogP contribution in [0.1, 0.15) is 38.5 Å². The van der Waals surface area contributed by atoms with Gasteiger partial charge in [0.1, 0.15) is 0 Å². The van der Waals surface area contributed by atoms with Crippen molar-refractivity contribution in [1.82, 2.24) is 0 Å². The van der Waals surface area contributed by atoms with Gasteiger partial charge in [0, 0.05) is 18.8 Å². The molecule has 3 heteroatoms. The molecule has 2 nitrogen and oxygen atoms in total. The molecule has 17 heavy (non-hydrogen) atoms. The molecule has 1 saturated carbocycles. The van der Waals surface area contributed by atoms with Crippen LogP contribution >= 0.6 is 11.6 Å². The summed E-state index contributed by atoms with van der Waals surface area (Å²) in [6, 6.07) is 6.42. The molecule has 0 amide bonds. The molecule has 2 rings (SSSR count). The molecule has 0 atom stereocenters. The van der Waals surface area contributed by atoms with Gasteiger partial charge in [0.15, 0.2) is 0 Å². The second-order valence-corrected chi connectivity index (χ2v) is 5.37. The summed E-state index contributed by atoms with van der Waals surface area (Å²) in [7, 11) is 2.15. The molecule has 0 radical (unpaired) electrons. The third kappa shape index (κ3) is 3.06. The molecule has 2 N–H and O–H groups in total. The highest BCUT2D eigenvalue weighted by atomic mass is 35.5. The van der Waals surface area contributed by atoms with Crippen LogP contribution in [0.2, 0.25) is 5.02 Å². The zero-order valence-electron chi connectivity index (χ0n) is 10.5. The average Bonchev–Trinajstić information content (AvgIpc) is 2.56. The highest BCUT2D eigenvalue weighted by molar-refractivity contribution is 6.33. The first-order valence-corrected chi connectivity index (χ1v) is 6.84. The van der Waals surface area contributed by atoms with E-state index < -0.39 is 0 Å². The van der Waals surface area contributed by atoms with E-state index in [2.05, 4.69) is 11.9 Å². The van der Waals surface area contributed by atoms with Gasteiger partial charge < -0.3 is 10.6 Å². The van der Waals surface area contributed by atoms with E-state index in [4.69, 9.17) is 17.3 Å². The molecular formula is C14H21ClN2. The molecule has 0 unspecified atom stereocenters. The van der Waals surface area contributed by atoms with Crippen LogP contribution in [0.25, 0.3) is 0 Å². The summed E-state index contributed by atoms with van der Waals surface area (Å²) in [6.07, 6.45) is 7.97. The SMILES string of the molecule is CN(c1ccc(N)cc1Cl)C1CCCCCC1. The van der Waals surface area contributed by atoms with Crippen molar-refractivity contribution in [1.29, 1.82) is 0 Å². The van der Waals surface area contributed by atoms with Gasteiger partial charge in [0.25, 0.3) is 0 Å². The van der Waals surface area contributed by atoms with E-state index in [1.54, 1.807) is 0 Å². The lowest BCUT2D eigenvalue weighted by molar-refractivity contribution is 0.553. The lowest BCUT2D eigenvalue weighted by Crippen LogP contribution is -2.31. The topological polar surface area (TPSA) is 29.3 Å². The van der Waals surface area contributed by atoms with Gasteiger partial charge in [-0.2, -0.15) is 0 Å². The normalized spacial score (nSPS) is 17.8. The lowest BCUT2D eigenvalue weighted by atomic mass is 10.1. The monoisotopic (exact) mass is 252 g/mol. The quantitative estimate of drug-likeness (QED) is 0.635. The molecule has 0 aliphatic heterocycles. The summed E-state index contributed by atoms with van der Waals surface area (Å²) in [5, 5.41) is 0.761. The summed E-state index contributed by atoms with van der Waals surface area (Å²) >= 11 is 6.26. The Labute approximate surface area is 109 Å². The molecule has 0 heterocycles. The third-order valence-corrected chi connectivity index (χ3v) is 4.03. The van der Waals surface area contributed by atoms with E-state index in [1.165, 1.54) is 38.5 Å². The smallest absolute Gasteiger partial charge is 0.0660 e. The number of halogens is 1. The van der Waals surface area contributed by atoms with Crippen molar-refractivity contribution in [2.75, 3.05) is 17.7 Å². The molecule has 0 saturated heterocycles. The number of nitrogen functional groups attached to an aromatic ring is 1. The fourth-order valence-corrected chi connectivity index (χ4v) is 2.97. The highest BCUT2D eigenvalue weighted by Gasteiger charge is 2.18. The molecular weight excluding hydrogens is 232 g/mol. The second kappa shape index (κ2) is 5.63. The molecule has 1 aromatic carbocycles. The number of hydrogen-bond donors (Lipinski definition) is 1. The van der Waals surface area contributed by atoms with Crippen LogP contribution in [-0.2, 0) is 0 Å². The minimum atomic E-state index is 0.624. The van der Waals surface area contributed by atoms with Crippen LogP contribution in [0.15, 0.2) is 18.2 Å². The van der Waals surface area contributed by atoms with Gasteiger partial charge in [-0.05, 0) is 31.0 Å². The molecule has 0 aromatic heterocycles. The summed E-state index contributed by atoms with van der Waals surface area (Å²) in [6.45, 7) is 0. The minimum Gasteiger partial charge on any atom is -0.399 e. The summed E-state index contributed by atoms with van der Waals surface area (Å²) in [5.41, 5.74) is 7.56. The highest BCUT2D eigenvalue weighted by Crippen LogP contribution is 2.31. The summed E-state index contributed by atoms with van der Waals surface area (Å²) in [5.74, 6) is 0. The molecule has 94 valence electrons. The predicted octanol–water partition coefficient (Wildman–Crippen LogP) is 4.08. The van der Waals surface area contributed by atoms with Crippen molar-refractivity contribution in [3.05, 3.63) is 23.2 Å². The van der Waals surface area contributed by atoms with Crippen molar-refractivity contribution < 1.29 is 0 Å². The average molecular weight is 253 g/mol. The van der Waals surface area contributed by atoms with Gasteiger partial charge >= 0.3 is 0 Å². The van der Waals surface area contributed by atoms with Crippen molar-refractivity contribution in [2.24, 2.45) is 0 Å². The van der Waals surface area contributed by atoms with Gasteiger partial charge in [-0.1, -0.05) is 37.3 Å². The number of hydrogen-bond acceptors (Lipinski definition) is 2. The van der Waals surface area contributed by atoms with E-state index in [1.807, 2.05) is 18.2 Å². The lowest BCUT2D eigenvalue weighted by Gasteiger charge is -2.30. The van der Waals surface area contributed by atoms with Crippen molar-refractivity contribution >= 4 is 23.0 Å². The third-order valence-electron chi connectivity index (χ3n) is 3.72. The van der Waals surface area contributed by atoms with Crippen LogP contribution in [0.4, 0.5) is 11.4 Å². The Morgan fingerprint density at radius 3 is 2.41 bits per heavy atom. The number of nitrogens with two attached hydrogens (primary N) is 1. The van der Waals surface area contributed by atoms with Crippen LogP contribution in [0.3, 0.4) is 0 Å². The van der Waals surface area contributed by atoms with Crippen LogP contribution < -0.4 is 10.6 Å². The van der Waals surface area contributed by atoms with E-state index in [0.29, 0.717) is 6.04 Å². The van der Waals surface area contributed by atoms with Crippen LogP contribution in [0, 0.1) is 0 Å². The second-order valence-electron chi connectivity index (χ2n) is 4.97. The van der Waals surface area contributed by atoms with E-state index >= 15 is 0 Å². The first-order chi connectivity index (χ1) is 8.18. The fourth-order valence-electron chi connectivity index (χ4n) is 2.65. The van der Waals surface area contributed by atoms with Crippen molar-refractivity contribution in [3.63, 3.8) is 0 Å². The number of anilines is 2. The van der Waals surface area contributed by atoms with Gasteiger partial charge in [-0.3, -0.25) is 0 Å². The van der Waals surface area contributed by atoms with E-state index in [9.17, 15) is 0 Å². The Morgan fingerprint density at radius 2 is 1.82 bits per heavy atom. The van der Waals surface area contributed by atoms with Crippen molar-refractivity contribution in [3.8, 4) is 0 Å². The Balaban J connectivity index is 2.14. The molecule has 0 spiro atoms.